The lowest BCUT2D eigenvalue weighted by molar-refractivity contribution is -0.384. The van der Waals surface area contributed by atoms with Crippen LogP contribution in [0.2, 0.25) is 0 Å². The first-order valence-electron chi connectivity index (χ1n) is 8.12. The molecule has 0 aliphatic heterocycles. The molecule has 0 saturated heterocycles. The van der Waals surface area contributed by atoms with Gasteiger partial charge in [0.2, 0.25) is 11.8 Å². The van der Waals surface area contributed by atoms with E-state index in [2.05, 4.69) is 5.32 Å². The summed E-state index contributed by atoms with van der Waals surface area (Å²) in [5.74, 6) is -1.06. The maximum absolute atomic E-state index is 12.2. The third-order valence-electron chi connectivity index (χ3n) is 3.76. The van der Waals surface area contributed by atoms with E-state index in [9.17, 15) is 23.9 Å². The van der Waals surface area contributed by atoms with Gasteiger partial charge in [-0.2, -0.15) is 0 Å². The normalized spacial score (nSPS) is 12.7. The van der Waals surface area contributed by atoms with Gasteiger partial charge in [0.25, 0.3) is 5.69 Å². The summed E-state index contributed by atoms with van der Waals surface area (Å²) < 4.78 is 12.2. The number of carbonyl (C=O) groups excluding carboxylic acids is 2. The highest BCUT2D eigenvalue weighted by Crippen LogP contribution is 2.13. The number of benzene rings is 2. The molecule has 0 unspecified atom stereocenters. The molecule has 2 aromatic rings. The van der Waals surface area contributed by atoms with Crippen LogP contribution in [0, 0.1) is 10.1 Å². The van der Waals surface area contributed by atoms with E-state index in [-0.39, 0.29) is 24.3 Å². The lowest BCUT2D eigenvalue weighted by Crippen LogP contribution is -2.45. The maximum atomic E-state index is 12.2. The van der Waals surface area contributed by atoms with Crippen molar-refractivity contribution >= 4 is 28.3 Å². The van der Waals surface area contributed by atoms with Crippen LogP contribution in [0.5, 0.6) is 0 Å². The number of nitrogens with two attached hydrogens (primary N) is 1. The van der Waals surface area contributed by atoms with E-state index in [1.165, 1.54) is 18.2 Å². The van der Waals surface area contributed by atoms with Crippen molar-refractivity contribution in [2.45, 2.75) is 23.8 Å². The van der Waals surface area contributed by atoms with Gasteiger partial charge in [0, 0.05) is 22.8 Å². The van der Waals surface area contributed by atoms with Crippen molar-refractivity contribution in [3.05, 3.63) is 70.3 Å². The molecule has 27 heavy (non-hydrogen) atoms. The summed E-state index contributed by atoms with van der Waals surface area (Å²) in [7, 11) is -1.32. The van der Waals surface area contributed by atoms with Gasteiger partial charge in [-0.15, -0.1) is 0 Å². The van der Waals surface area contributed by atoms with E-state index < -0.39 is 33.6 Å². The summed E-state index contributed by atoms with van der Waals surface area (Å²) in [5.41, 5.74) is 5.65. The van der Waals surface area contributed by atoms with Gasteiger partial charge in [0.1, 0.15) is 6.04 Å². The minimum absolute atomic E-state index is 0.120. The van der Waals surface area contributed by atoms with Crippen molar-refractivity contribution in [1.29, 1.82) is 0 Å². The molecule has 0 bridgehead atoms. The first-order valence-corrected chi connectivity index (χ1v) is 9.44. The van der Waals surface area contributed by atoms with Gasteiger partial charge >= 0.3 is 0 Å². The highest BCUT2D eigenvalue weighted by atomic mass is 32.2. The average Bonchev–Trinajstić information content (AvgIpc) is 2.65. The Kier molecular flexibility index (Phi) is 7.18. The van der Waals surface area contributed by atoms with E-state index in [0.717, 1.165) is 0 Å². The molecule has 0 radical (unpaired) electrons. The van der Waals surface area contributed by atoms with Crippen LogP contribution in [0.4, 0.5) is 5.69 Å². The van der Waals surface area contributed by atoms with Crippen LogP contribution in [0.1, 0.15) is 12.0 Å². The van der Waals surface area contributed by atoms with Gasteiger partial charge in [0.15, 0.2) is 0 Å². The summed E-state index contributed by atoms with van der Waals surface area (Å²) in [5, 5.41) is 13.3. The van der Waals surface area contributed by atoms with E-state index in [4.69, 9.17) is 5.73 Å². The Balaban J connectivity index is 1.94. The SMILES string of the molecule is NC(=O)[C@H](CC[S@@](=O)c1ccccc1)NC(=O)Cc1cccc([N+](=O)[O-])c1. The molecule has 0 aromatic heterocycles. The zero-order chi connectivity index (χ0) is 19.8. The smallest absolute Gasteiger partial charge is 0.269 e. The van der Waals surface area contributed by atoms with Gasteiger partial charge in [-0.25, -0.2) is 0 Å². The van der Waals surface area contributed by atoms with Crippen molar-refractivity contribution in [3.63, 3.8) is 0 Å². The summed E-state index contributed by atoms with van der Waals surface area (Å²) in [6, 6.07) is 13.5. The summed E-state index contributed by atoms with van der Waals surface area (Å²) in [6.45, 7) is 0. The molecule has 8 nitrogen and oxygen atoms in total. The number of non-ortho nitro benzene ring substituents is 1. The van der Waals surface area contributed by atoms with Crippen LogP contribution in [-0.2, 0) is 26.8 Å². The summed E-state index contributed by atoms with van der Waals surface area (Å²) in [4.78, 5) is 34.6. The van der Waals surface area contributed by atoms with Gasteiger partial charge in [-0.3, -0.25) is 23.9 Å². The molecular formula is C18H19N3O5S. The first-order chi connectivity index (χ1) is 12.9. The van der Waals surface area contributed by atoms with Crippen LogP contribution in [-0.4, -0.2) is 32.7 Å². The molecule has 0 heterocycles. The first kappa shape index (κ1) is 20.2. The number of carbonyl (C=O) groups is 2. The number of hydrogen-bond donors (Lipinski definition) is 2. The summed E-state index contributed by atoms with van der Waals surface area (Å²) >= 11 is 0. The predicted molar refractivity (Wildman–Crippen MR) is 100 cm³/mol. The second-order valence-corrected chi connectivity index (χ2v) is 7.35. The van der Waals surface area contributed by atoms with Gasteiger partial charge in [-0.1, -0.05) is 30.3 Å². The fraction of sp³-hybridized carbons (Fsp3) is 0.222. The molecule has 142 valence electrons. The Morgan fingerprint density at radius 1 is 1.15 bits per heavy atom. The molecule has 2 rings (SSSR count). The molecule has 0 spiro atoms. The van der Waals surface area contributed by atoms with Crippen LogP contribution < -0.4 is 11.1 Å². The average molecular weight is 389 g/mol. The van der Waals surface area contributed by atoms with Crippen LogP contribution >= 0.6 is 0 Å². The number of rotatable bonds is 9. The number of nitrogens with one attached hydrogen (secondary N) is 1. The van der Waals surface area contributed by atoms with E-state index >= 15 is 0 Å². The highest BCUT2D eigenvalue weighted by molar-refractivity contribution is 7.85. The molecule has 2 atom stereocenters. The number of amides is 2. The third-order valence-corrected chi connectivity index (χ3v) is 5.17. The number of nitro groups is 1. The fourth-order valence-corrected chi connectivity index (χ4v) is 3.56. The Morgan fingerprint density at radius 3 is 2.48 bits per heavy atom. The zero-order valence-corrected chi connectivity index (χ0v) is 15.2. The molecule has 0 aliphatic carbocycles. The topological polar surface area (TPSA) is 132 Å². The van der Waals surface area contributed by atoms with Crippen molar-refractivity contribution in [3.8, 4) is 0 Å². The van der Waals surface area contributed by atoms with Gasteiger partial charge in [-0.05, 0) is 24.1 Å². The number of nitro benzene ring substituents is 1. The van der Waals surface area contributed by atoms with Gasteiger partial charge in [0.05, 0.1) is 22.1 Å². The third kappa shape index (κ3) is 6.30. The van der Waals surface area contributed by atoms with E-state index in [0.29, 0.717) is 10.5 Å². The van der Waals surface area contributed by atoms with Crippen LogP contribution in [0.25, 0.3) is 0 Å². The van der Waals surface area contributed by atoms with Crippen molar-refractivity contribution in [2.75, 3.05) is 5.75 Å². The van der Waals surface area contributed by atoms with Crippen molar-refractivity contribution < 1.29 is 18.7 Å². The molecule has 0 saturated carbocycles. The van der Waals surface area contributed by atoms with Crippen LogP contribution in [0.3, 0.4) is 0 Å². The molecule has 2 amide bonds. The van der Waals surface area contributed by atoms with Gasteiger partial charge < -0.3 is 11.1 Å². The van der Waals surface area contributed by atoms with Crippen molar-refractivity contribution in [2.24, 2.45) is 5.73 Å². The van der Waals surface area contributed by atoms with E-state index in [1.54, 1.807) is 36.4 Å². The largest absolute Gasteiger partial charge is 0.368 e. The Hall–Kier alpha value is -3.07. The second kappa shape index (κ2) is 9.58. The quantitative estimate of drug-likeness (QED) is 0.493. The lowest BCUT2D eigenvalue weighted by Gasteiger charge is -2.15. The summed E-state index contributed by atoms with van der Waals surface area (Å²) in [6.07, 6.45) is -0.00918. The second-order valence-electron chi connectivity index (χ2n) is 5.78. The molecule has 9 heteroatoms. The number of hydrogen-bond acceptors (Lipinski definition) is 5. The molecule has 0 fully saturated rings. The van der Waals surface area contributed by atoms with Crippen LogP contribution in [0.15, 0.2) is 59.5 Å². The monoisotopic (exact) mass is 389 g/mol. The maximum Gasteiger partial charge on any atom is 0.269 e. The Morgan fingerprint density at radius 2 is 1.85 bits per heavy atom. The van der Waals surface area contributed by atoms with Crippen molar-refractivity contribution in [1.82, 2.24) is 5.32 Å². The molecule has 3 N–H and O–H groups in total. The molecular weight excluding hydrogens is 370 g/mol. The Labute approximate surface area is 158 Å². The lowest BCUT2D eigenvalue weighted by atomic mass is 10.1. The number of primary amides is 1. The highest BCUT2D eigenvalue weighted by Gasteiger charge is 2.20. The minimum Gasteiger partial charge on any atom is -0.368 e. The zero-order valence-electron chi connectivity index (χ0n) is 14.4. The minimum atomic E-state index is -1.32. The fourth-order valence-electron chi connectivity index (χ4n) is 2.41. The Bertz CT molecular complexity index is 857. The molecule has 2 aromatic carbocycles. The molecule has 0 aliphatic rings. The van der Waals surface area contributed by atoms with E-state index in [1.807, 2.05) is 0 Å². The standard InChI is InChI=1S/C18H19N3O5S/c19-18(23)16(9-10-27(26)15-7-2-1-3-8-15)20-17(22)12-13-5-4-6-14(11-13)21(24)25/h1-8,11,16H,9-10,12H2,(H2,19,23)(H,20,22)/t16-,27+/m0/s1. The predicted octanol–water partition coefficient (Wildman–Crippen LogP) is 1.31. The number of nitrogens with zero attached hydrogens (tertiary/aromatic N) is 1.